The number of benzene rings is 2. The van der Waals surface area contributed by atoms with Crippen molar-refractivity contribution in [1.82, 2.24) is 29.8 Å². The molecule has 6 saturated heterocycles. The fraction of sp³-hybridized carbons (Fsp3) is 0.568. The molecule has 0 radical (unpaired) electrons. The molecule has 256 valence electrons. The Bertz CT molecular complexity index is 1620. The first-order valence-electron chi connectivity index (χ1n) is 17.8. The van der Waals surface area contributed by atoms with Gasteiger partial charge in [-0.25, -0.2) is 0 Å². The number of aromatic nitrogens is 2. The zero-order valence-electron chi connectivity index (χ0n) is 28.7. The van der Waals surface area contributed by atoms with Gasteiger partial charge in [-0.2, -0.15) is 5.10 Å². The van der Waals surface area contributed by atoms with Crippen LogP contribution in [0.5, 0.6) is 0 Å². The first-order chi connectivity index (χ1) is 22.9. The molecule has 0 spiro atoms. The van der Waals surface area contributed by atoms with Gasteiger partial charge in [-0.3, -0.25) is 29.9 Å². The highest BCUT2D eigenvalue weighted by Gasteiger charge is 2.52. The number of nitrogens with two attached hydrogens (primary N) is 1. The molecule has 0 saturated carbocycles. The molecule has 8 unspecified atom stereocenters. The van der Waals surface area contributed by atoms with Crippen LogP contribution in [0.15, 0.2) is 42.5 Å². The lowest BCUT2D eigenvalue weighted by Crippen LogP contribution is -2.60. The van der Waals surface area contributed by atoms with Gasteiger partial charge in [0.25, 0.3) is 11.8 Å². The van der Waals surface area contributed by atoms with Crippen molar-refractivity contribution in [3.63, 3.8) is 0 Å². The predicted octanol–water partition coefficient (Wildman–Crippen LogP) is 5.28. The number of amides is 2. The number of nitrogens with zero attached hydrogens (tertiary/aromatic N) is 5. The van der Waals surface area contributed by atoms with E-state index in [1.54, 1.807) is 6.07 Å². The van der Waals surface area contributed by atoms with Crippen LogP contribution >= 0.6 is 0 Å². The quantitative estimate of drug-likeness (QED) is 0.263. The Labute approximate surface area is 282 Å². The Balaban J connectivity index is 0.000000194. The second-order valence-electron chi connectivity index (χ2n) is 13.5. The summed E-state index contributed by atoms with van der Waals surface area (Å²) in [7, 11) is 0. The van der Waals surface area contributed by atoms with Crippen molar-refractivity contribution < 1.29 is 12.4 Å². The summed E-state index contributed by atoms with van der Waals surface area (Å²) >= 11 is 0. The summed E-state index contributed by atoms with van der Waals surface area (Å²) in [4.78, 5) is 35.1. The van der Waals surface area contributed by atoms with Crippen LogP contribution in [-0.2, 0) is 4.79 Å². The molecular weight excluding hydrogens is 588 g/mol. The van der Waals surface area contributed by atoms with Gasteiger partial charge >= 0.3 is 0 Å². The summed E-state index contributed by atoms with van der Waals surface area (Å²) in [6, 6.07) is 14.8. The molecule has 2 aromatic carbocycles. The molecule has 0 aliphatic carbocycles. The topological polar surface area (TPSA) is 126 Å². The van der Waals surface area contributed by atoms with E-state index in [2.05, 4.69) is 24.9 Å². The first-order valence-corrected chi connectivity index (χ1v) is 17.8. The molecule has 1 aromatic heterocycles. The number of piperidine rings is 2. The number of para-hydroxylation sites is 1. The fourth-order valence-electron chi connectivity index (χ4n) is 9.03. The van der Waals surface area contributed by atoms with Gasteiger partial charge < -0.3 is 15.5 Å². The van der Waals surface area contributed by atoms with Crippen molar-refractivity contribution >= 4 is 34.1 Å². The zero-order valence-corrected chi connectivity index (χ0v) is 28.7. The second kappa shape index (κ2) is 13.8. The van der Waals surface area contributed by atoms with E-state index in [1.807, 2.05) is 75.9 Å². The standard InChI is InChI=1S/C17H22N4O.C16H18N4O.2C2H6.2H2/c1-10-2-3-13(14(18)6-10)16(19)17(22)21-12-7-11-4-5-20(8-12)9-15(11)21;21-16(15-12-3-1-2-4-13(12)17-18-15)20-11-7-10-5-6-19(8-11)9-14(10)20;2*1-2;;/h2-3,6,11-12,15,19H,4-5,7-9,18H2,1H3;1-4,10-11,14H,5-9H2,(H,17,18);2*1-2H3;2*1H. The average molecular weight is 645 g/mol. The summed E-state index contributed by atoms with van der Waals surface area (Å²) in [5, 5.41) is 16.6. The molecule has 3 aromatic rings. The van der Waals surface area contributed by atoms with Crippen LogP contribution in [0.1, 0.15) is 77.8 Å². The minimum atomic E-state index is -0.144. The smallest absolute Gasteiger partial charge is 0.275 e. The summed E-state index contributed by atoms with van der Waals surface area (Å²) < 4.78 is 0. The number of aromatic amines is 1. The van der Waals surface area contributed by atoms with Gasteiger partial charge in [-0.1, -0.05) is 58.0 Å². The highest BCUT2D eigenvalue weighted by atomic mass is 16.2. The van der Waals surface area contributed by atoms with E-state index >= 15 is 0 Å². The maximum absolute atomic E-state index is 13.0. The molecule has 10 nitrogen and oxygen atoms in total. The number of piperazine rings is 2. The van der Waals surface area contributed by atoms with E-state index in [9.17, 15) is 9.59 Å². The summed E-state index contributed by atoms with van der Waals surface area (Å²) in [6.45, 7) is 16.4. The number of anilines is 1. The Morgan fingerprint density at radius 3 is 2.11 bits per heavy atom. The number of hydrogen-bond acceptors (Lipinski definition) is 7. The minimum absolute atomic E-state index is 0. The second-order valence-corrected chi connectivity index (χ2v) is 13.5. The third-order valence-corrected chi connectivity index (χ3v) is 11.0. The van der Waals surface area contributed by atoms with E-state index in [-0.39, 0.29) is 26.4 Å². The van der Waals surface area contributed by atoms with E-state index in [0.717, 1.165) is 49.1 Å². The molecule has 7 heterocycles. The lowest BCUT2D eigenvalue weighted by Gasteiger charge is -2.44. The molecule has 6 aliphatic rings. The lowest BCUT2D eigenvalue weighted by molar-refractivity contribution is -0.131. The van der Waals surface area contributed by atoms with Crippen molar-refractivity contribution in [3.05, 3.63) is 59.3 Å². The third kappa shape index (κ3) is 5.95. The van der Waals surface area contributed by atoms with E-state index in [0.29, 0.717) is 46.9 Å². The molecule has 2 amide bonds. The van der Waals surface area contributed by atoms with Gasteiger partial charge in [-0.05, 0) is 75.2 Å². The molecule has 6 aliphatic heterocycles. The number of hydrogen-bond donors (Lipinski definition) is 3. The van der Waals surface area contributed by atoms with Gasteiger partial charge in [0.15, 0.2) is 5.69 Å². The summed E-state index contributed by atoms with van der Waals surface area (Å²) in [6.07, 6.45) is 4.70. The summed E-state index contributed by atoms with van der Waals surface area (Å²) in [5.74, 6) is 1.29. The van der Waals surface area contributed by atoms with Crippen molar-refractivity contribution in [2.75, 3.05) is 45.0 Å². The number of rotatable bonds is 3. The Morgan fingerprint density at radius 1 is 0.872 bits per heavy atom. The number of nitrogens with one attached hydrogen (secondary N) is 2. The normalized spacial score (nSPS) is 30.5. The Hall–Kier alpha value is -3.76. The van der Waals surface area contributed by atoms with Crippen LogP contribution in [0.2, 0.25) is 0 Å². The largest absolute Gasteiger partial charge is 0.398 e. The number of carbonyl (C=O) groups is 2. The molecule has 47 heavy (non-hydrogen) atoms. The number of aryl methyl sites for hydroxylation is 1. The number of nitrogen functional groups attached to an aromatic ring is 1. The molecule has 6 fully saturated rings. The Kier molecular flexibility index (Phi) is 9.71. The van der Waals surface area contributed by atoms with Crippen molar-refractivity contribution in [1.29, 1.82) is 5.41 Å². The molecule has 8 atom stereocenters. The SMILES string of the molecule is CC.CC.Cc1ccc(C(=N)C(=O)N2C3CC4CCN(C3)CC42)c(N)c1.O=C(c1n[nH]c2ccccc12)N1C2CC3CCN(C2)CC31.[HH].[HH]. The van der Waals surface area contributed by atoms with E-state index in [4.69, 9.17) is 11.1 Å². The minimum Gasteiger partial charge on any atom is -0.398 e. The number of carbonyl (C=O) groups excluding carboxylic acids is 2. The van der Waals surface area contributed by atoms with Gasteiger partial charge in [0, 0.05) is 69.8 Å². The average Bonchev–Trinajstić information content (AvgIpc) is 3.59. The van der Waals surface area contributed by atoms with Crippen molar-refractivity contribution in [2.24, 2.45) is 11.8 Å². The van der Waals surface area contributed by atoms with Crippen LogP contribution in [0.3, 0.4) is 0 Å². The van der Waals surface area contributed by atoms with Crippen LogP contribution in [0, 0.1) is 24.2 Å². The van der Waals surface area contributed by atoms with E-state index < -0.39 is 0 Å². The molecule has 6 bridgehead atoms. The van der Waals surface area contributed by atoms with Gasteiger partial charge in [0.1, 0.15) is 5.71 Å². The van der Waals surface area contributed by atoms with Crippen molar-refractivity contribution in [3.8, 4) is 0 Å². The highest BCUT2D eigenvalue weighted by molar-refractivity contribution is 6.45. The third-order valence-electron chi connectivity index (χ3n) is 11.0. The molecule has 4 N–H and O–H groups in total. The highest BCUT2D eigenvalue weighted by Crippen LogP contribution is 2.42. The fourth-order valence-corrected chi connectivity index (χ4v) is 9.03. The molecular formula is C37H56N8O2. The molecule has 9 rings (SSSR count). The number of H-pyrrole nitrogens is 1. The van der Waals surface area contributed by atoms with E-state index in [1.165, 1.54) is 32.4 Å². The van der Waals surface area contributed by atoms with Crippen LogP contribution in [0.25, 0.3) is 10.9 Å². The first kappa shape index (κ1) is 33.2. The van der Waals surface area contributed by atoms with Gasteiger partial charge in [0.05, 0.1) is 5.52 Å². The van der Waals surface area contributed by atoms with Crippen LogP contribution in [0.4, 0.5) is 5.69 Å². The van der Waals surface area contributed by atoms with Crippen molar-refractivity contribution in [2.45, 2.75) is 84.5 Å². The Morgan fingerprint density at radius 2 is 1.47 bits per heavy atom. The van der Waals surface area contributed by atoms with Crippen LogP contribution in [-0.4, -0.2) is 111 Å². The number of fused-ring (bicyclic) bond motifs is 5. The monoisotopic (exact) mass is 644 g/mol. The molecule has 10 heteroatoms. The van der Waals surface area contributed by atoms with Crippen LogP contribution < -0.4 is 5.73 Å². The maximum Gasteiger partial charge on any atom is 0.275 e. The van der Waals surface area contributed by atoms with Gasteiger partial charge in [-0.15, -0.1) is 0 Å². The van der Waals surface area contributed by atoms with Gasteiger partial charge in [0.2, 0.25) is 0 Å². The maximum atomic E-state index is 13.0. The zero-order chi connectivity index (χ0) is 33.4. The summed E-state index contributed by atoms with van der Waals surface area (Å²) in [5.41, 5.74) is 9.72. The predicted molar refractivity (Wildman–Crippen MR) is 192 cm³/mol. The lowest BCUT2D eigenvalue weighted by atomic mass is 9.93.